The molecule has 15 heavy (non-hydrogen) atoms. The summed E-state index contributed by atoms with van der Waals surface area (Å²) in [7, 11) is 0. The summed E-state index contributed by atoms with van der Waals surface area (Å²) in [6, 6.07) is 2.06. The highest BCUT2D eigenvalue weighted by Gasteiger charge is 2.40. The minimum Gasteiger partial charge on any atom is -0.480 e. The molecule has 1 aromatic rings. The van der Waals surface area contributed by atoms with Crippen molar-refractivity contribution in [1.82, 2.24) is 4.90 Å². The van der Waals surface area contributed by atoms with Crippen molar-refractivity contribution in [1.29, 1.82) is 0 Å². The topological polar surface area (TPSA) is 66.6 Å². The Balaban J connectivity index is 1.96. The molecule has 0 spiro atoms. The van der Waals surface area contributed by atoms with Crippen LogP contribution in [0.5, 0.6) is 0 Å². The van der Waals surface area contributed by atoms with Gasteiger partial charge in [0.2, 0.25) is 0 Å². The lowest BCUT2D eigenvalue weighted by atomic mass is 10.0. The Bertz CT molecular complexity index is 352. The Labute approximate surface area is 92.3 Å². The lowest BCUT2D eigenvalue weighted by molar-refractivity contribution is -0.142. The van der Waals surface area contributed by atoms with E-state index in [1.165, 1.54) is 5.56 Å². The molecule has 3 N–H and O–H groups in total. The summed E-state index contributed by atoms with van der Waals surface area (Å²) in [5.74, 6) is -0.893. The third-order valence-corrected chi connectivity index (χ3v) is 3.52. The first-order chi connectivity index (χ1) is 7.10. The number of hydrogen-bond donors (Lipinski definition) is 2. The summed E-state index contributed by atoms with van der Waals surface area (Å²) in [5, 5.41) is 13.1. The first-order valence-corrected chi connectivity index (χ1v) is 5.80. The van der Waals surface area contributed by atoms with Crippen molar-refractivity contribution in [3.05, 3.63) is 22.4 Å². The highest BCUT2D eigenvalue weighted by molar-refractivity contribution is 7.07. The van der Waals surface area contributed by atoms with Gasteiger partial charge < -0.3 is 10.8 Å². The number of aliphatic carboxylic acids is 1. The molecular weight excluding hydrogens is 212 g/mol. The first-order valence-electron chi connectivity index (χ1n) is 4.86. The molecule has 82 valence electrons. The molecule has 1 aliphatic heterocycles. The summed E-state index contributed by atoms with van der Waals surface area (Å²) >= 11 is 1.65. The molecule has 1 aromatic heterocycles. The van der Waals surface area contributed by atoms with E-state index < -0.39 is 11.5 Å². The van der Waals surface area contributed by atoms with Crippen LogP contribution in [0.2, 0.25) is 0 Å². The average Bonchev–Trinajstić information content (AvgIpc) is 2.77. The van der Waals surface area contributed by atoms with Gasteiger partial charge in [-0.1, -0.05) is 0 Å². The zero-order valence-electron chi connectivity index (χ0n) is 8.35. The highest BCUT2D eigenvalue weighted by atomic mass is 32.1. The molecule has 2 heterocycles. The van der Waals surface area contributed by atoms with Crippen molar-refractivity contribution in [2.45, 2.75) is 18.5 Å². The van der Waals surface area contributed by atoms with E-state index in [0.717, 1.165) is 13.1 Å². The number of carboxylic acid groups (broad SMARTS) is 1. The maximum absolute atomic E-state index is 10.9. The standard InChI is InChI=1S/C10H14N2O2S/c11-10(9(13)14)2-3-12(7-10)5-8-1-4-15-6-8/h1,4,6H,2-3,5,7,11H2,(H,13,14). The molecule has 0 aromatic carbocycles. The number of rotatable bonds is 3. The van der Waals surface area contributed by atoms with Crippen LogP contribution in [0.15, 0.2) is 16.8 Å². The van der Waals surface area contributed by atoms with E-state index in [0.29, 0.717) is 13.0 Å². The second-order valence-electron chi connectivity index (χ2n) is 4.05. The molecule has 0 amide bonds. The lowest BCUT2D eigenvalue weighted by Gasteiger charge is -2.19. The normalized spacial score (nSPS) is 27.0. The van der Waals surface area contributed by atoms with Gasteiger partial charge in [-0.3, -0.25) is 9.69 Å². The van der Waals surface area contributed by atoms with Crippen LogP contribution in [0.3, 0.4) is 0 Å². The molecule has 0 bridgehead atoms. The van der Waals surface area contributed by atoms with Crippen molar-refractivity contribution < 1.29 is 9.90 Å². The maximum atomic E-state index is 10.9. The molecule has 5 heteroatoms. The largest absolute Gasteiger partial charge is 0.480 e. The molecule has 1 saturated heterocycles. The third kappa shape index (κ3) is 2.19. The van der Waals surface area contributed by atoms with Crippen molar-refractivity contribution >= 4 is 17.3 Å². The Hall–Kier alpha value is -0.910. The van der Waals surface area contributed by atoms with Crippen LogP contribution in [0.25, 0.3) is 0 Å². The molecule has 1 atom stereocenters. The maximum Gasteiger partial charge on any atom is 0.325 e. The lowest BCUT2D eigenvalue weighted by Crippen LogP contribution is -2.49. The van der Waals surface area contributed by atoms with Gasteiger partial charge in [-0.25, -0.2) is 0 Å². The average molecular weight is 226 g/mol. The molecule has 4 nitrogen and oxygen atoms in total. The predicted molar refractivity (Wildman–Crippen MR) is 58.8 cm³/mol. The van der Waals surface area contributed by atoms with Crippen LogP contribution in [-0.2, 0) is 11.3 Å². The fraction of sp³-hybridized carbons (Fsp3) is 0.500. The molecule has 1 fully saturated rings. The fourth-order valence-corrected chi connectivity index (χ4v) is 2.52. The monoisotopic (exact) mass is 226 g/mol. The van der Waals surface area contributed by atoms with Gasteiger partial charge in [-0.05, 0) is 28.8 Å². The number of likely N-dealkylation sites (tertiary alicyclic amines) is 1. The van der Waals surface area contributed by atoms with Gasteiger partial charge in [-0.2, -0.15) is 11.3 Å². The summed E-state index contributed by atoms with van der Waals surface area (Å²) in [4.78, 5) is 13.0. The second kappa shape index (κ2) is 3.92. The van der Waals surface area contributed by atoms with Crippen molar-refractivity contribution in [3.63, 3.8) is 0 Å². The zero-order chi connectivity index (χ0) is 10.9. The van der Waals surface area contributed by atoms with E-state index in [-0.39, 0.29) is 0 Å². The van der Waals surface area contributed by atoms with Crippen LogP contribution < -0.4 is 5.73 Å². The second-order valence-corrected chi connectivity index (χ2v) is 4.83. The van der Waals surface area contributed by atoms with Crippen LogP contribution in [0.1, 0.15) is 12.0 Å². The van der Waals surface area contributed by atoms with Crippen LogP contribution in [0, 0.1) is 0 Å². The van der Waals surface area contributed by atoms with Crippen molar-refractivity contribution in [2.24, 2.45) is 5.73 Å². The molecule has 0 saturated carbocycles. The Morgan fingerprint density at radius 2 is 2.53 bits per heavy atom. The van der Waals surface area contributed by atoms with Gasteiger partial charge in [0, 0.05) is 19.6 Å². The molecule has 0 radical (unpaired) electrons. The summed E-state index contributed by atoms with van der Waals surface area (Å²) in [6.45, 7) is 2.01. The quantitative estimate of drug-likeness (QED) is 0.797. The predicted octanol–water partition coefficient (Wildman–Crippen LogP) is 0.736. The summed E-state index contributed by atoms with van der Waals surface area (Å²) in [5.41, 5.74) is 5.97. The fourth-order valence-electron chi connectivity index (χ4n) is 1.87. The molecule has 1 aliphatic rings. The van der Waals surface area contributed by atoms with Crippen LogP contribution in [-0.4, -0.2) is 34.6 Å². The number of nitrogens with zero attached hydrogens (tertiary/aromatic N) is 1. The number of carbonyl (C=O) groups is 1. The SMILES string of the molecule is NC1(C(=O)O)CCN(Cc2ccsc2)C1. The van der Waals surface area contributed by atoms with Crippen LogP contribution >= 0.6 is 11.3 Å². The third-order valence-electron chi connectivity index (χ3n) is 2.79. The summed E-state index contributed by atoms with van der Waals surface area (Å²) < 4.78 is 0. The van der Waals surface area contributed by atoms with E-state index in [1.807, 2.05) is 5.38 Å². The molecule has 1 unspecified atom stereocenters. The number of carboxylic acids is 1. The molecule has 0 aliphatic carbocycles. The highest BCUT2D eigenvalue weighted by Crippen LogP contribution is 2.21. The van der Waals surface area contributed by atoms with E-state index in [2.05, 4.69) is 16.3 Å². The molecular formula is C10H14N2O2S. The zero-order valence-corrected chi connectivity index (χ0v) is 9.17. The Kier molecular flexibility index (Phi) is 2.77. The van der Waals surface area contributed by atoms with E-state index in [1.54, 1.807) is 11.3 Å². The van der Waals surface area contributed by atoms with Crippen LogP contribution in [0.4, 0.5) is 0 Å². The van der Waals surface area contributed by atoms with Gasteiger partial charge in [0.05, 0.1) is 0 Å². The summed E-state index contributed by atoms with van der Waals surface area (Å²) in [6.07, 6.45) is 0.534. The smallest absolute Gasteiger partial charge is 0.325 e. The van der Waals surface area contributed by atoms with E-state index in [4.69, 9.17) is 10.8 Å². The Morgan fingerprint density at radius 1 is 1.73 bits per heavy atom. The Morgan fingerprint density at radius 3 is 3.07 bits per heavy atom. The number of thiophene rings is 1. The molecule has 2 rings (SSSR count). The number of nitrogens with two attached hydrogens (primary N) is 1. The van der Waals surface area contributed by atoms with Gasteiger partial charge in [0.25, 0.3) is 0 Å². The van der Waals surface area contributed by atoms with Gasteiger partial charge >= 0.3 is 5.97 Å². The van der Waals surface area contributed by atoms with Crippen molar-refractivity contribution in [3.8, 4) is 0 Å². The number of hydrogen-bond acceptors (Lipinski definition) is 4. The van der Waals surface area contributed by atoms with Gasteiger partial charge in [-0.15, -0.1) is 0 Å². The van der Waals surface area contributed by atoms with E-state index >= 15 is 0 Å². The van der Waals surface area contributed by atoms with Crippen molar-refractivity contribution in [2.75, 3.05) is 13.1 Å². The minimum absolute atomic E-state index is 0.443. The van der Waals surface area contributed by atoms with Gasteiger partial charge in [0.1, 0.15) is 5.54 Å². The minimum atomic E-state index is -1.05. The first kappa shape index (κ1) is 10.6. The van der Waals surface area contributed by atoms with Gasteiger partial charge in [0.15, 0.2) is 0 Å². The van der Waals surface area contributed by atoms with E-state index in [9.17, 15) is 4.79 Å².